The highest BCUT2D eigenvalue weighted by Crippen LogP contribution is 2.20. The molecule has 0 saturated heterocycles. The van der Waals surface area contributed by atoms with Gasteiger partial charge < -0.3 is 15.2 Å². The van der Waals surface area contributed by atoms with Gasteiger partial charge >= 0.3 is 12.1 Å². The molecule has 1 aromatic carbocycles. The van der Waals surface area contributed by atoms with Crippen LogP contribution in [0, 0.1) is 0 Å². The van der Waals surface area contributed by atoms with E-state index in [1.165, 1.54) is 12.0 Å². The van der Waals surface area contributed by atoms with Crippen molar-refractivity contribution in [2.75, 3.05) is 0 Å². The van der Waals surface area contributed by atoms with Crippen LogP contribution in [-0.4, -0.2) is 29.3 Å². The lowest BCUT2D eigenvalue weighted by molar-refractivity contribution is -0.139. The number of ether oxygens (including phenoxy) is 1. The number of nitrogens with one attached hydrogen (secondary N) is 1. The molecule has 0 heterocycles. The van der Waals surface area contributed by atoms with Crippen molar-refractivity contribution in [3.63, 3.8) is 0 Å². The molecule has 1 aliphatic carbocycles. The molecule has 0 spiro atoms. The Morgan fingerprint density at radius 3 is 2.52 bits per heavy atom. The number of benzene rings is 1. The van der Waals surface area contributed by atoms with Gasteiger partial charge in [0, 0.05) is 0 Å². The fourth-order valence-electron chi connectivity index (χ4n) is 2.92. The summed E-state index contributed by atoms with van der Waals surface area (Å²) in [6, 6.07) is 9.01. The summed E-state index contributed by atoms with van der Waals surface area (Å²) < 4.78 is 5.32. The molecule has 0 unspecified atom stereocenters. The third-order valence-corrected chi connectivity index (χ3v) is 4.22. The second-order valence-electron chi connectivity index (χ2n) is 6.08. The highest BCUT2D eigenvalue weighted by atomic mass is 16.6. The molecule has 0 radical (unpaired) electrons. The second kappa shape index (κ2) is 9.18. The Bertz CT molecular complexity index is 497. The molecule has 126 valence electrons. The molecular weight excluding hydrogens is 294 g/mol. The van der Waals surface area contributed by atoms with Crippen molar-refractivity contribution >= 4 is 12.1 Å². The van der Waals surface area contributed by atoms with Crippen LogP contribution in [-0.2, 0) is 16.0 Å². The van der Waals surface area contributed by atoms with Crippen molar-refractivity contribution in [1.82, 2.24) is 5.32 Å². The molecular formula is C18H25NO4. The van der Waals surface area contributed by atoms with Gasteiger partial charge in [0.2, 0.25) is 0 Å². The van der Waals surface area contributed by atoms with Gasteiger partial charge in [-0.15, -0.1) is 0 Å². The second-order valence-corrected chi connectivity index (χ2v) is 6.08. The summed E-state index contributed by atoms with van der Waals surface area (Å²) in [5, 5.41) is 11.7. The molecule has 0 aliphatic heterocycles. The quantitative estimate of drug-likeness (QED) is 0.806. The van der Waals surface area contributed by atoms with Crippen LogP contribution in [0.5, 0.6) is 0 Å². The van der Waals surface area contributed by atoms with Crippen LogP contribution in [0.2, 0.25) is 0 Å². The Labute approximate surface area is 137 Å². The topological polar surface area (TPSA) is 75.6 Å². The zero-order chi connectivity index (χ0) is 16.5. The number of carbonyl (C=O) groups excluding carboxylic acids is 1. The van der Waals surface area contributed by atoms with Gasteiger partial charge in [0.05, 0.1) is 0 Å². The van der Waals surface area contributed by atoms with Crippen LogP contribution in [0.25, 0.3) is 0 Å². The number of carbonyl (C=O) groups is 2. The van der Waals surface area contributed by atoms with E-state index in [2.05, 4.69) is 5.32 Å². The largest absolute Gasteiger partial charge is 0.480 e. The molecule has 2 rings (SSSR count). The number of amides is 1. The predicted octanol–water partition coefficient (Wildman–Crippen LogP) is 3.52. The van der Waals surface area contributed by atoms with E-state index < -0.39 is 18.1 Å². The van der Waals surface area contributed by atoms with E-state index in [0.29, 0.717) is 12.8 Å². The minimum Gasteiger partial charge on any atom is -0.480 e. The number of rotatable bonds is 7. The summed E-state index contributed by atoms with van der Waals surface area (Å²) in [6.45, 7) is 0. The van der Waals surface area contributed by atoms with Crippen molar-refractivity contribution in [1.29, 1.82) is 0 Å². The summed E-state index contributed by atoms with van der Waals surface area (Å²) in [5.41, 5.74) is 1.17. The molecule has 0 bridgehead atoms. The maximum atomic E-state index is 11.9. The SMILES string of the molecule is O=C(N[C@H](CCCc1ccccc1)C(=O)O)OC1CCCCC1. The molecule has 2 N–H and O–H groups in total. The number of alkyl carbamates (subject to hydrolysis) is 1. The number of hydrogen-bond acceptors (Lipinski definition) is 3. The van der Waals surface area contributed by atoms with Gasteiger partial charge in [0.15, 0.2) is 0 Å². The first-order chi connectivity index (χ1) is 11.1. The molecule has 1 aliphatic rings. The highest BCUT2D eigenvalue weighted by Gasteiger charge is 2.23. The summed E-state index contributed by atoms with van der Waals surface area (Å²) >= 11 is 0. The van der Waals surface area contributed by atoms with Crippen LogP contribution >= 0.6 is 0 Å². The molecule has 1 fully saturated rings. The maximum absolute atomic E-state index is 11.9. The Kier molecular flexibility index (Phi) is 6.91. The lowest BCUT2D eigenvalue weighted by atomic mass is 9.98. The predicted molar refractivity (Wildman–Crippen MR) is 87.3 cm³/mol. The van der Waals surface area contributed by atoms with E-state index in [0.717, 1.165) is 32.1 Å². The Balaban J connectivity index is 1.74. The fourth-order valence-corrected chi connectivity index (χ4v) is 2.92. The van der Waals surface area contributed by atoms with Crippen molar-refractivity contribution in [2.24, 2.45) is 0 Å². The molecule has 1 atom stereocenters. The fraction of sp³-hybridized carbons (Fsp3) is 0.556. The Morgan fingerprint density at radius 2 is 1.87 bits per heavy atom. The van der Waals surface area contributed by atoms with Gasteiger partial charge in [-0.25, -0.2) is 9.59 Å². The van der Waals surface area contributed by atoms with Gasteiger partial charge in [-0.2, -0.15) is 0 Å². The number of aliphatic carboxylic acids is 1. The lowest BCUT2D eigenvalue weighted by Crippen LogP contribution is -2.42. The third kappa shape index (κ3) is 6.30. The molecule has 5 heteroatoms. The van der Waals surface area contributed by atoms with Crippen molar-refractivity contribution < 1.29 is 19.4 Å². The first-order valence-corrected chi connectivity index (χ1v) is 8.39. The zero-order valence-corrected chi connectivity index (χ0v) is 13.4. The van der Waals surface area contributed by atoms with Gasteiger partial charge in [-0.3, -0.25) is 0 Å². The number of hydrogen-bond donors (Lipinski definition) is 2. The average molecular weight is 319 g/mol. The summed E-state index contributed by atoms with van der Waals surface area (Å²) in [7, 11) is 0. The van der Waals surface area contributed by atoms with Crippen LogP contribution in [0.1, 0.15) is 50.5 Å². The van der Waals surface area contributed by atoms with Gasteiger partial charge in [0.25, 0.3) is 0 Å². The van der Waals surface area contributed by atoms with Gasteiger partial charge in [-0.1, -0.05) is 36.8 Å². The Morgan fingerprint density at radius 1 is 1.17 bits per heavy atom. The van der Waals surface area contributed by atoms with Crippen LogP contribution in [0.4, 0.5) is 4.79 Å². The van der Waals surface area contributed by atoms with Gasteiger partial charge in [0.1, 0.15) is 12.1 Å². The van der Waals surface area contributed by atoms with E-state index >= 15 is 0 Å². The average Bonchev–Trinajstić information content (AvgIpc) is 2.55. The van der Waals surface area contributed by atoms with E-state index in [4.69, 9.17) is 4.74 Å². The summed E-state index contributed by atoms with van der Waals surface area (Å²) in [6.07, 6.45) is 6.27. The third-order valence-electron chi connectivity index (χ3n) is 4.22. The number of carboxylic acid groups (broad SMARTS) is 1. The minimum absolute atomic E-state index is 0.0671. The summed E-state index contributed by atoms with van der Waals surface area (Å²) in [4.78, 5) is 23.2. The first-order valence-electron chi connectivity index (χ1n) is 8.39. The minimum atomic E-state index is -1.02. The first kappa shape index (κ1) is 17.3. The molecule has 0 aromatic heterocycles. The van der Waals surface area contributed by atoms with Crippen LogP contribution in [0.15, 0.2) is 30.3 Å². The van der Waals surface area contributed by atoms with Crippen molar-refractivity contribution in [3.05, 3.63) is 35.9 Å². The maximum Gasteiger partial charge on any atom is 0.408 e. The van der Waals surface area contributed by atoms with E-state index in [1.54, 1.807) is 0 Å². The normalized spacial score (nSPS) is 16.5. The van der Waals surface area contributed by atoms with Crippen molar-refractivity contribution in [3.8, 4) is 0 Å². The van der Waals surface area contributed by atoms with Gasteiger partial charge in [-0.05, 0) is 50.5 Å². The zero-order valence-electron chi connectivity index (χ0n) is 13.4. The molecule has 1 amide bonds. The molecule has 1 saturated carbocycles. The highest BCUT2D eigenvalue weighted by molar-refractivity contribution is 5.79. The smallest absolute Gasteiger partial charge is 0.408 e. The molecule has 1 aromatic rings. The molecule has 23 heavy (non-hydrogen) atoms. The molecule has 5 nitrogen and oxygen atoms in total. The summed E-state index contributed by atoms with van der Waals surface area (Å²) in [5.74, 6) is -1.02. The van der Waals surface area contributed by atoms with E-state index in [-0.39, 0.29) is 6.10 Å². The lowest BCUT2D eigenvalue weighted by Gasteiger charge is -2.23. The number of aryl methyl sites for hydroxylation is 1. The number of carboxylic acids is 1. The monoisotopic (exact) mass is 319 g/mol. The van der Waals surface area contributed by atoms with Crippen LogP contribution in [0.3, 0.4) is 0 Å². The van der Waals surface area contributed by atoms with E-state index in [1.807, 2.05) is 30.3 Å². The Hall–Kier alpha value is -2.04. The van der Waals surface area contributed by atoms with E-state index in [9.17, 15) is 14.7 Å². The van der Waals surface area contributed by atoms with Crippen molar-refractivity contribution in [2.45, 2.75) is 63.5 Å². The standard InChI is InChI=1S/C18H25NO4/c20-17(21)16(13-7-10-14-8-3-1-4-9-14)19-18(22)23-15-11-5-2-6-12-15/h1,3-4,8-9,15-16H,2,5-7,10-13H2,(H,19,22)(H,20,21)/t16-/m1/s1. The van der Waals surface area contributed by atoms with Crippen LogP contribution < -0.4 is 5.32 Å².